The van der Waals surface area contributed by atoms with E-state index in [4.69, 9.17) is 22.0 Å². The van der Waals surface area contributed by atoms with Crippen LogP contribution in [0.3, 0.4) is 0 Å². The lowest BCUT2D eigenvalue weighted by Gasteiger charge is -2.05. The second kappa shape index (κ2) is 3.95. The third-order valence-electron chi connectivity index (χ3n) is 1.55. The topological polar surface area (TPSA) is 59.1 Å². The van der Waals surface area contributed by atoms with E-state index in [1.165, 1.54) is 12.1 Å². The summed E-state index contributed by atoms with van der Waals surface area (Å²) >= 11 is 5.66. The SMILES string of the molecule is CN(c1ccc(Cl)cc1)[N+](O)=NO. The maximum Gasteiger partial charge on any atom is 0.272 e. The maximum absolute atomic E-state index is 8.96. The van der Waals surface area contributed by atoms with Crippen LogP contribution in [-0.4, -0.2) is 22.4 Å². The van der Waals surface area contributed by atoms with Crippen LogP contribution >= 0.6 is 11.6 Å². The lowest BCUT2D eigenvalue weighted by atomic mass is 10.3. The molecule has 5 nitrogen and oxygen atoms in total. The zero-order chi connectivity index (χ0) is 9.84. The molecule has 0 unspecified atom stereocenters. The molecule has 0 aliphatic carbocycles. The summed E-state index contributed by atoms with van der Waals surface area (Å²) in [6.45, 7) is 0. The van der Waals surface area contributed by atoms with Gasteiger partial charge in [0.05, 0.1) is 7.05 Å². The second-order valence-electron chi connectivity index (χ2n) is 2.36. The van der Waals surface area contributed by atoms with E-state index in [9.17, 15) is 0 Å². The Bertz CT molecular complexity index is 312. The lowest BCUT2D eigenvalue weighted by molar-refractivity contribution is -0.842. The van der Waals surface area contributed by atoms with Crippen LogP contribution < -0.4 is 5.01 Å². The first kappa shape index (κ1) is 9.60. The van der Waals surface area contributed by atoms with Crippen LogP contribution in [0.1, 0.15) is 0 Å². The number of hydrogen-bond donors (Lipinski definition) is 2. The van der Waals surface area contributed by atoms with Crippen molar-refractivity contribution < 1.29 is 15.4 Å². The van der Waals surface area contributed by atoms with Gasteiger partial charge in [0.2, 0.25) is 0 Å². The molecule has 0 spiro atoms. The fourth-order valence-corrected chi connectivity index (χ4v) is 0.946. The zero-order valence-electron chi connectivity index (χ0n) is 6.92. The van der Waals surface area contributed by atoms with Gasteiger partial charge in [-0.05, 0) is 24.3 Å². The Balaban J connectivity index is 2.89. The van der Waals surface area contributed by atoms with Crippen molar-refractivity contribution in [1.82, 2.24) is 0 Å². The van der Waals surface area contributed by atoms with E-state index in [1.807, 2.05) is 0 Å². The summed E-state index contributed by atoms with van der Waals surface area (Å²) in [6, 6.07) is 6.69. The number of rotatable bonds is 2. The number of hydrazine groups is 1. The highest BCUT2D eigenvalue weighted by atomic mass is 35.5. The molecular weight excluding hydrogens is 194 g/mol. The van der Waals surface area contributed by atoms with Crippen molar-refractivity contribution in [3.05, 3.63) is 29.3 Å². The Labute approximate surface area is 80.0 Å². The maximum atomic E-state index is 8.96. The molecule has 0 saturated heterocycles. The van der Waals surface area contributed by atoms with Crippen molar-refractivity contribution in [1.29, 1.82) is 0 Å². The molecular formula is C7H9ClN3O2+. The average Bonchev–Trinajstić information content (AvgIpc) is 2.17. The summed E-state index contributed by atoms with van der Waals surface area (Å²) in [7, 11) is 1.53. The molecule has 0 saturated carbocycles. The molecule has 0 amide bonds. The van der Waals surface area contributed by atoms with Crippen LogP contribution in [0.5, 0.6) is 0 Å². The van der Waals surface area contributed by atoms with Gasteiger partial charge in [0.1, 0.15) is 5.69 Å². The third-order valence-corrected chi connectivity index (χ3v) is 1.80. The number of halogens is 1. The Hall–Kier alpha value is -1.49. The number of hydrogen-bond acceptors (Lipinski definition) is 1. The minimum Gasteiger partial charge on any atom is -0.357 e. The summed E-state index contributed by atoms with van der Waals surface area (Å²) in [5.74, 6) is 0. The Morgan fingerprint density at radius 1 is 1.38 bits per heavy atom. The predicted octanol–water partition coefficient (Wildman–Crippen LogP) is 1.93. The summed E-state index contributed by atoms with van der Waals surface area (Å²) < 4.78 is 0. The van der Waals surface area contributed by atoms with Crippen LogP contribution in [0.4, 0.5) is 5.69 Å². The average molecular weight is 203 g/mol. The van der Waals surface area contributed by atoms with Gasteiger partial charge in [0.25, 0.3) is 10.2 Å². The van der Waals surface area contributed by atoms with Gasteiger partial charge in [-0.1, -0.05) is 16.6 Å². The number of anilines is 1. The summed E-state index contributed by atoms with van der Waals surface area (Å²) in [6.07, 6.45) is 0. The van der Waals surface area contributed by atoms with Crippen LogP contribution in [0.25, 0.3) is 0 Å². The van der Waals surface area contributed by atoms with Gasteiger partial charge in [0, 0.05) is 5.02 Å². The van der Waals surface area contributed by atoms with Gasteiger partial charge >= 0.3 is 0 Å². The number of benzene rings is 1. The van der Waals surface area contributed by atoms with Crippen LogP contribution in [0, 0.1) is 0 Å². The first-order valence-corrected chi connectivity index (χ1v) is 3.86. The molecule has 0 aliphatic heterocycles. The van der Waals surface area contributed by atoms with E-state index in [1.54, 1.807) is 24.3 Å². The van der Waals surface area contributed by atoms with Gasteiger partial charge in [-0.25, -0.2) is 5.21 Å². The minimum absolute atomic E-state index is 0.309. The van der Waals surface area contributed by atoms with E-state index in [2.05, 4.69) is 5.28 Å². The van der Waals surface area contributed by atoms with Crippen LogP contribution in [-0.2, 0) is 0 Å². The van der Waals surface area contributed by atoms with E-state index < -0.39 is 0 Å². The fraction of sp³-hybridized carbons (Fsp3) is 0.143. The monoisotopic (exact) mass is 202 g/mol. The summed E-state index contributed by atoms with van der Waals surface area (Å²) in [4.78, 5) is 0.309. The van der Waals surface area contributed by atoms with Crippen molar-refractivity contribution in [3.8, 4) is 0 Å². The highest BCUT2D eigenvalue weighted by molar-refractivity contribution is 6.30. The van der Waals surface area contributed by atoms with Crippen molar-refractivity contribution in [2.75, 3.05) is 12.1 Å². The van der Waals surface area contributed by atoms with Gasteiger partial charge in [-0.15, -0.1) is 0 Å². The first-order valence-electron chi connectivity index (χ1n) is 3.48. The van der Waals surface area contributed by atoms with Crippen molar-refractivity contribution in [3.63, 3.8) is 0 Å². The molecule has 2 N–H and O–H groups in total. The smallest absolute Gasteiger partial charge is 0.272 e. The van der Waals surface area contributed by atoms with Crippen molar-refractivity contribution >= 4 is 17.3 Å². The van der Waals surface area contributed by atoms with Crippen molar-refractivity contribution in [2.24, 2.45) is 5.28 Å². The third kappa shape index (κ3) is 2.22. The van der Waals surface area contributed by atoms with Gasteiger partial charge in [-0.3, -0.25) is 0 Å². The minimum atomic E-state index is 0.309. The predicted molar refractivity (Wildman–Crippen MR) is 46.1 cm³/mol. The van der Waals surface area contributed by atoms with Crippen LogP contribution in [0.2, 0.25) is 5.02 Å². The largest absolute Gasteiger partial charge is 0.357 e. The molecule has 1 aromatic rings. The quantitative estimate of drug-likeness (QED) is 0.438. The Morgan fingerprint density at radius 2 is 1.92 bits per heavy atom. The van der Waals surface area contributed by atoms with E-state index in [0.717, 1.165) is 0 Å². The normalized spacial score (nSPS) is 11.4. The lowest BCUT2D eigenvalue weighted by Crippen LogP contribution is -2.27. The zero-order valence-corrected chi connectivity index (χ0v) is 7.68. The highest BCUT2D eigenvalue weighted by Gasteiger charge is 2.14. The van der Waals surface area contributed by atoms with E-state index in [-0.39, 0.29) is 0 Å². The van der Waals surface area contributed by atoms with Gasteiger partial charge < -0.3 is 5.21 Å². The molecule has 0 heterocycles. The van der Waals surface area contributed by atoms with Crippen LogP contribution in [0.15, 0.2) is 29.5 Å². The molecule has 0 radical (unpaired) electrons. The molecule has 0 aliphatic rings. The number of nitrogens with zero attached hydrogens (tertiary/aromatic N) is 3. The molecule has 0 fully saturated rings. The molecule has 1 aromatic carbocycles. The Kier molecular flexibility index (Phi) is 2.92. The Morgan fingerprint density at radius 3 is 2.38 bits per heavy atom. The molecule has 13 heavy (non-hydrogen) atoms. The highest BCUT2D eigenvalue weighted by Crippen LogP contribution is 2.16. The van der Waals surface area contributed by atoms with E-state index in [0.29, 0.717) is 15.7 Å². The van der Waals surface area contributed by atoms with E-state index >= 15 is 0 Å². The van der Waals surface area contributed by atoms with Gasteiger partial charge in [-0.2, -0.15) is 0 Å². The fourth-order valence-electron chi connectivity index (χ4n) is 0.820. The molecule has 6 heteroatoms. The first-order chi connectivity index (χ1) is 6.15. The molecule has 0 bridgehead atoms. The standard InChI is InChI=1S/C7H8ClN3O2/c1-10(11(13)9-12)7-4-2-6(8)3-5-7/h2-5,13H,1H3/p+1. The summed E-state index contributed by atoms with van der Waals surface area (Å²) in [5, 5.41) is 21.6. The summed E-state index contributed by atoms with van der Waals surface area (Å²) in [5.41, 5.74) is 0.643. The molecule has 0 aromatic heterocycles. The van der Waals surface area contributed by atoms with Crippen molar-refractivity contribution in [2.45, 2.75) is 0 Å². The molecule has 70 valence electrons. The molecule has 0 atom stereocenters. The molecule has 1 rings (SSSR count). The van der Waals surface area contributed by atoms with Gasteiger partial charge in [0.15, 0.2) is 0 Å². The second-order valence-corrected chi connectivity index (χ2v) is 2.79.